The number of nitro benzene ring substituents is 1. The van der Waals surface area contributed by atoms with Gasteiger partial charge in [0.2, 0.25) is 15.7 Å². The largest absolute Gasteiger partial charge is 0.456 e. The van der Waals surface area contributed by atoms with Gasteiger partial charge in [-0.2, -0.15) is 0 Å². The minimum absolute atomic E-state index is 0.0182. The van der Waals surface area contributed by atoms with E-state index in [1.54, 1.807) is 17.9 Å². The molecule has 0 aliphatic carbocycles. The van der Waals surface area contributed by atoms with Crippen molar-refractivity contribution in [3.05, 3.63) is 80.4 Å². The molecular weight excluding hydrogens is 578 g/mol. The summed E-state index contributed by atoms with van der Waals surface area (Å²) in [6.07, 6.45) is 2.50. The third kappa shape index (κ3) is 5.42. The summed E-state index contributed by atoms with van der Waals surface area (Å²) in [6.45, 7) is 3.68. The van der Waals surface area contributed by atoms with Crippen LogP contribution in [-0.2, 0) is 30.8 Å². The summed E-state index contributed by atoms with van der Waals surface area (Å²) in [5.74, 6) is -3.90. The van der Waals surface area contributed by atoms with Gasteiger partial charge in [0.25, 0.3) is 11.6 Å². The number of esters is 1. The van der Waals surface area contributed by atoms with Crippen LogP contribution in [0.15, 0.2) is 64.0 Å². The number of sulfone groups is 1. The van der Waals surface area contributed by atoms with Crippen molar-refractivity contribution in [3.63, 3.8) is 0 Å². The second-order valence-electron chi connectivity index (χ2n) is 11.2. The molecule has 13 heteroatoms. The van der Waals surface area contributed by atoms with E-state index in [-0.39, 0.29) is 27.7 Å². The zero-order valence-corrected chi connectivity index (χ0v) is 24.7. The van der Waals surface area contributed by atoms with Crippen LogP contribution in [0.5, 0.6) is 0 Å². The predicted molar refractivity (Wildman–Crippen MR) is 153 cm³/mol. The number of likely N-dealkylation sites (tertiary alicyclic amines) is 1. The van der Waals surface area contributed by atoms with Gasteiger partial charge in [0.1, 0.15) is 12.3 Å². The number of benzene rings is 2. The first kappa shape index (κ1) is 30.4. The van der Waals surface area contributed by atoms with E-state index in [1.165, 1.54) is 49.4 Å². The highest BCUT2D eigenvalue weighted by molar-refractivity contribution is 7.95. The molecule has 2 amide bonds. The molecule has 1 N–H and O–H groups in total. The quantitative estimate of drug-likeness (QED) is 0.204. The molecule has 3 heterocycles. The Morgan fingerprint density at radius 1 is 1.07 bits per heavy atom. The number of aliphatic hydroxyl groups excluding tert-OH is 1. The molecule has 3 unspecified atom stereocenters. The van der Waals surface area contributed by atoms with E-state index in [9.17, 15) is 38.0 Å². The van der Waals surface area contributed by atoms with Crippen LogP contribution in [0, 0.1) is 22.0 Å². The average molecular weight is 612 g/mol. The molecule has 0 saturated carbocycles. The molecule has 3 aliphatic heterocycles. The molecule has 5 rings (SSSR count). The first-order chi connectivity index (χ1) is 20.4. The molecule has 43 heavy (non-hydrogen) atoms. The van der Waals surface area contributed by atoms with Crippen LogP contribution in [0.4, 0.5) is 5.69 Å². The lowest BCUT2D eigenvalue weighted by atomic mass is 9.79. The molecule has 0 spiro atoms. The van der Waals surface area contributed by atoms with E-state index in [0.29, 0.717) is 18.7 Å². The Hall–Kier alpha value is -4.10. The molecule has 2 saturated heterocycles. The minimum atomic E-state index is -4.52. The number of non-ortho nitro benzene ring substituents is 1. The fourth-order valence-electron chi connectivity index (χ4n) is 6.25. The van der Waals surface area contributed by atoms with Gasteiger partial charge in [-0.05, 0) is 49.6 Å². The summed E-state index contributed by atoms with van der Waals surface area (Å²) < 4.78 is 34.3. The maximum atomic E-state index is 14.4. The summed E-state index contributed by atoms with van der Waals surface area (Å²) in [5, 5.41) is 21.3. The third-order valence-electron chi connectivity index (χ3n) is 8.41. The van der Waals surface area contributed by atoms with Crippen molar-refractivity contribution in [2.75, 3.05) is 13.1 Å². The lowest BCUT2D eigenvalue weighted by molar-refractivity contribution is -0.384. The number of amides is 2. The van der Waals surface area contributed by atoms with E-state index in [2.05, 4.69) is 0 Å². The van der Waals surface area contributed by atoms with Crippen LogP contribution in [0.2, 0.25) is 0 Å². The summed E-state index contributed by atoms with van der Waals surface area (Å²) in [4.78, 5) is 52.8. The molecule has 2 aromatic rings. The van der Waals surface area contributed by atoms with E-state index < -0.39 is 62.2 Å². The molecule has 228 valence electrons. The number of carbonyl (C=O) groups excluding carboxylic acids is 3. The van der Waals surface area contributed by atoms with E-state index in [4.69, 9.17) is 4.74 Å². The SMILES string of the molecule is CC(O)C1C(=O)N2C(C(=O)OCc3ccc([N+](=O)[O-])cc3)=C(S(=O)(=O)c3ccccc3C(=O)N3CCCCCC3)C(C)[C@@H]12. The van der Waals surface area contributed by atoms with Gasteiger partial charge >= 0.3 is 5.97 Å². The number of aliphatic hydroxyl groups is 1. The van der Waals surface area contributed by atoms with Crippen LogP contribution in [0.1, 0.15) is 55.5 Å². The number of β-lactam (4-membered cyclic amide) rings is 1. The molecule has 12 nitrogen and oxygen atoms in total. The van der Waals surface area contributed by atoms with E-state index in [0.717, 1.165) is 30.6 Å². The van der Waals surface area contributed by atoms with Crippen LogP contribution in [-0.4, -0.2) is 71.3 Å². The highest BCUT2D eigenvalue weighted by Gasteiger charge is 2.62. The highest BCUT2D eigenvalue weighted by atomic mass is 32.2. The topological polar surface area (TPSA) is 164 Å². The van der Waals surface area contributed by atoms with Gasteiger partial charge in [-0.25, -0.2) is 13.2 Å². The molecule has 2 fully saturated rings. The third-order valence-corrected chi connectivity index (χ3v) is 10.5. The average Bonchev–Trinajstić information content (AvgIpc) is 3.11. The maximum Gasteiger partial charge on any atom is 0.356 e. The van der Waals surface area contributed by atoms with Crippen molar-refractivity contribution in [2.45, 2.75) is 63.2 Å². The Morgan fingerprint density at radius 3 is 2.30 bits per heavy atom. The molecule has 4 atom stereocenters. The number of ether oxygens (including phenoxy) is 1. The Bertz CT molecular complexity index is 1590. The number of rotatable bonds is 8. The normalized spacial score (nSPS) is 22.9. The fourth-order valence-corrected chi connectivity index (χ4v) is 8.25. The standard InChI is InChI=1S/C30H33N3O9S/c1-18-25-24(19(2)34)29(36)32(25)26(30(37)42-17-20-11-13-21(14-12-20)33(38)39)27(18)43(40,41)23-10-6-5-9-22(23)28(35)31-15-7-3-4-8-16-31/h5-6,9-14,18-19,24-25,34H,3-4,7-8,15-17H2,1-2H3/t18?,19?,24?,25-/m0/s1. The van der Waals surface area contributed by atoms with Crippen molar-refractivity contribution >= 4 is 33.3 Å². The van der Waals surface area contributed by atoms with Crippen LogP contribution >= 0.6 is 0 Å². The number of hydrogen-bond donors (Lipinski definition) is 1. The van der Waals surface area contributed by atoms with Gasteiger partial charge in [0, 0.05) is 31.1 Å². The van der Waals surface area contributed by atoms with E-state index >= 15 is 0 Å². The number of nitro groups is 1. The molecule has 2 aromatic carbocycles. The number of carbonyl (C=O) groups is 3. The second kappa shape index (κ2) is 11.9. The smallest absolute Gasteiger partial charge is 0.356 e. The van der Waals surface area contributed by atoms with Crippen LogP contribution in [0.3, 0.4) is 0 Å². The number of nitrogens with zero attached hydrogens (tertiary/aromatic N) is 3. The zero-order chi connectivity index (χ0) is 31.1. The zero-order valence-electron chi connectivity index (χ0n) is 23.8. The second-order valence-corrected chi connectivity index (χ2v) is 13.1. The Kier molecular flexibility index (Phi) is 8.39. The van der Waals surface area contributed by atoms with Gasteiger partial charge in [0.05, 0.1) is 38.4 Å². The first-order valence-electron chi connectivity index (χ1n) is 14.2. The lowest BCUT2D eigenvalue weighted by Gasteiger charge is -2.46. The van der Waals surface area contributed by atoms with E-state index in [1.807, 2.05) is 0 Å². The summed E-state index contributed by atoms with van der Waals surface area (Å²) in [5.41, 5.74) is -0.201. The van der Waals surface area contributed by atoms with Crippen LogP contribution < -0.4 is 0 Å². The summed E-state index contributed by atoms with van der Waals surface area (Å²) >= 11 is 0. The van der Waals surface area contributed by atoms with Crippen molar-refractivity contribution in [1.29, 1.82) is 0 Å². The van der Waals surface area contributed by atoms with Crippen LogP contribution in [0.25, 0.3) is 0 Å². The van der Waals surface area contributed by atoms with Gasteiger partial charge < -0.3 is 19.6 Å². The summed E-state index contributed by atoms with van der Waals surface area (Å²) in [7, 11) is -4.52. The molecule has 0 radical (unpaired) electrons. The molecule has 0 bridgehead atoms. The Morgan fingerprint density at radius 2 is 1.70 bits per heavy atom. The minimum Gasteiger partial charge on any atom is -0.456 e. The maximum absolute atomic E-state index is 14.4. The Labute approximate surface area is 249 Å². The Balaban J connectivity index is 1.54. The predicted octanol–water partition coefficient (Wildman–Crippen LogP) is 3.20. The van der Waals surface area contributed by atoms with Gasteiger partial charge in [0.15, 0.2) is 0 Å². The molecular formula is C30H33N3O9S. The van der Waals surface area contributed by atoms with Gasteiger partial charge in [-0.15, -0.1) is 0 Å². The summed E-state index contributed by atoms with van der Waals surface area (Å²) in [6, 6.07) is 10.4. The van der Waals surface area contributed by atoms with Crippen molar-refractivity contribution < 1.29 is 37.6 Å². The first-order valence-corrected chi connectivity index (χ1v) is 15.7. The molecule has 0 aromatic heterocycles. The lowest BCUT2D eigenvalue weighted by Crippen LogP contribution is -2.63. The van der Waals surface area contributed by atoms with Crippen molar-refractivity contribution in [1.82, 2.24) is 9.80 Å². The van der Waals surface area contributed by atoms with Gasteiger partial charge in [-0.1, -0.05) is 31.9 Å². The monoisotopic (exact) mass is 611 g/mol. The van der Waals surface area contributed by atoms with Crippen molar-refractivity contribution in [2.24, 2.45) is 11.8 Å². The highest BCUT2D eigenvalue weighted by Crippen LogP contribution is 2.50. The van der Waals surface area contributed by atoms with Crippen molar-refractivity contribution in [3.8, 4) is 0 Å². The van der Waals surface area contributed by atoms with Gasteiger partial charge in [-0.3, -0.25) is 19.7 Å². The fraction of sp³-hybridized carbons (Fsp3) is 0.433. The molecule has 3 aliphatic rings. The number of hydrogen-bond acceptors (Lipinski definition) is 9. The number of fused-ring (bicyclic) bond motifs is 1.